The summed E-state index contributed by atoms with van der Waals surface area (Å²) < 4.78 is 13.5. The number of benzene rings is 1. The summed E-state index contributed by atoms with van der Waals surface area (Å²) in [5.74, 6) is -0.223. The highest BCUT2D eigenvalue weighted by Crippen LogP contribution is 2.22. The topological polar surface area (TPSA) is 38.9 Å². The van der Waals surface area contributed by atoms with E-state index in [0.717, 1.165) is 16.8 Å². The van der Waals surface area contributed by atoms with Gasteiger partial charge in [-0.05, 0) is 42.7 Å². The molecular formula is C14H15FN2. The first-order chi connectivity index (χ1) is 8.09. The molecule has 1 atom stereocenters. The van der Waals surface area contributed by atoms with Crippen molar-refractivity contribution in [2.75, 3.05) is 0 Å². The second-order valence-corrected chi connectivity index (χ2v) is 4.16. The minimum atomic E-state index is -0.334. The molecule has 88 valence electrons. The van der Waals surface area contributed by atoms with Crippen molar-refractivity contribution in [3.63, 3.8) is 0 Å². The Morgan fingerprint density at radius 3 is 2.65 bits per heavy atom. The zero-order valence-electron chi connectivity index (χ0n) is 9.94. The van der Waals surface area contributed by atoms with Crippen LogP contribution >= 0.6 is 0 Å². The number of pyridine rings is 1. The fourth-order valence-electron chi connectivity index (χ4n) is 1.81. The highest BCUT2D eigenvalue weighted by molar-refractivity contribution is 5.35. The van der Waals surface area contributed by atoms with E-state index >= 15 is 0 Å². The molecule has 2 nitrogen and oxygen atoms in total. The molecule has 1 aromatic carbocycles. The molecule has 17 heavy (non-hydrogen) atoms. The highest BCUT2D eigenvalue weighted by atomic mass is 19.1. The van der Waals surface area contributed by atoms with Gasteiger partial charge in [0.05, 0.1) is 6.04 Å². The number of rotatable bonds is 2. The van der Waals surface area contributed by atoms with Crippen molar-refractivity contribution in [1.82, 2.24) is 4.98 Å². The maximum Gasteiger partial charge on any atom is 0.126 e. The molecule has 2 N–H and O–H groups in total. The average molecular weight is 230 g/mol. The van der Waals surface area contributed by atoms with E-state index < -0.39 is 0 Å². The Kier molecular flexibility index (Phi) is 3.20. The lowest BCUT2D eigenvalue weighted by Crippen LogP contribution is -2.14. The molecule has 0 radical (unpaired) electrons. The van der Waals surface area contributed by atoms with Crippen molar-refractivity contribution in [2.24, 2.45) is 5.73 Å². The predicted octanol–water partition coefficient (Wildman–Crippen LogP) is 2.89. The summed E-state index contributed by atoms with van der Waals surface area (Å²) in [7, 11) is 0. The Balaban J connectivity index is 2.40. The molecule has 0 fully saturated rings. The first kappa shape index (κ1) is 11.7. The van der Waals surface area contributed by atoms with E-state index in [9.17, 15) is 4.39 Å². The summed E-state index contributed by atoms with van der Waals surface area (Å²) in [6, 6.07) is 8.52. The molecule has 2 rings (SSSR count). The first-order valence-corrected chi connectivity index (χ1v) is 5.52. The molecule has 0 amide bonds. The Labute approximate surface area is 100 Å². The molecule has 0 spiro atoms. The van der Waals surface area contributed by atoms with Gasteiger partial charge in [-0.15, -0.1) is 0 Å². The summed E-state index contributed by atoms with van der Waals surface area (Å²) in [6.45, 7) is 3.64. The second kappa shape index (κ2) is 4.63. The molecular weight excluding hydrogens is 215 g/mol. The quantitative estimate of drug-likeness (QED) is 0.861. The molecule has 0 aliphatic rings. The van der Waals surface area contributed by atoms with Gasteiger partial charge >= 0.3 is 0 Å². The number of hydrogen-bond donors (Lipinski definition) is 1. The smallest absolute Gasteiger partial charge is 0.126 e. The Bertz CT molecular complexity index is 537. The molecule has 0 saturated carbocycles. The molecule has 1 heterocycles. The maximum atomic E-state index is 13.5. The van der Waals surface area contributed by atoms with Crippen LogP contribution in [0.1, 0.15) is 28.4 Å². The van der Waals surface area contributed by atoms with Crippen LogP contribution in [-0.4, -0.2) is 4.98 Å². The third kappa shape index (κ3) is 2.34. The van der Waals surface area contributed by atoms with E-state index in [1.54, 1.807) is 19.2 Å². The van der Waals surface area contributed by atoms with Gasteiger partial charge in [-0.2, -0.15) is 0 Å². The second-order valence-electron chi connectivity index (χ2n) is 4.16. The van der Waals surface area contributed by atoms with Crippen LogP contribution < -0.4 is 5.73 Å². The van der Waals surface area contributed by atoms with Crippen LogP contribution in [0.25, 0.3) is 0 Å². The highest BCUT2D eigenvalue weighted by Gasteiger charge is 2.12. The molecule has 0 aliphatic carbocycles. The summed E-state index contributed by atoms with van der Waals surface area (Å²) in [4.78, 5) is 4.19. The van der Waals surface area contributed by atoms with Crippen molar-refractivity contribution >= 4 is 0 Å². The van der Waals surface area contributed by atoms with E-state index in [0.29, 0.717) is 5.56 Å². The van der Waals surface area contributed by atoms with Crippen LogP contribution in [0.5, 0.6) is 0 Å². The van der Waals surface area contributed by atoms with Gasteiger partial charge in [0.2, 0.25) is 0 Å². The van der Waals surface area contributed by atoms with Gasteiger partial charge in [0.1, 0.15) is 5.82 Å². The van der Waals surface area contributed by atoms with Crippen LogP contribution in [0.15, 0.2) is 36.5 Å². The number of aryl methyl sites for hydroxylation is 2. The number of nitrogens with zero attached hydrogens (tertiary/aromatic N) is 1. The largest absolute Gasteiger partial charge is 0.320 e. The van der Waals surface area contributed by atoms with Crippen LogP contribution in [0.4, 0.5) is 4.39 Å². The van der Waals surface area contributed by atoms with Crippen molar-refractivity contribution in [3.05, 3.63) is 64.7 Å². The monoisotopic (exact) mass is 230 g/mol. The van der Waals surface area contributed by atoms with E-state index in [2.05, 4.69) is 4.98 Å². The third-order valence-electron chi connectivity index (χ3n) is 2.94. The number of hydrogen-bond acceptors (Lipinski definition) is 2. The summed E-state index contributed by atoms with van der Waals surface area (Å²) in [5.41, 5.74) is 9.33. The number of aromatic nitrogens is 1. The molecule has 1 aromatic heterocycles. The summed E-state index contributed by atoms with van der Waals surface area (Å²) in [6.07, 6.45) is 1.72. The van der Waals surface area contributed by atoms with Gasteiger partial charge in [0.25, 0.3) is 0 Å². The number of halogens is 1. The molecule has 0 bridgehead atoms. The molecule has 1 unspecified atom stereocenters. The van der Waals surface area contributed by atoms with Crippen molar-refractivity contribution < 1.29 is 4.39 Å². The van der Waals surface area contributed by atoms with E-state index in [4.69, 9.17) is 5.73 Å². The van der Waals surface area contributed by atoms with Crippen LogP contribution in [0, 0.1) is 19.7 Å². The normalized spacial score (nSPS) is 12.5. The maximum absolute atomic E-state index is 13.5. The van der Waals surface area contributed by atoms with Crippen LogP contribution in [0.2, 0.25) is 0 Å². The van der Waals surface area contributed by atoms with Crippen LogP contribution in [-0.2, 0) is 0 Å². The SMILES string of the molecule is Cc1ccc(C(N)c2cccnc2C)cc1F. The van der Waals surface area contributed by atoms with Gasteiger partial charge in [0.15, 0.2) is 0 Å². The van der Waals surface area contributed by atoms with Crippen molar-refractivity contribution in [1.29, 1.82) is 0 Å². The average Bonchev–Trinajstić information content (AvgIpc) is 2.32. The predicted molar refractivity (Wildman–Crippen MR) is 66.1 cm³/mol. The van der Waals surface area contributed by atoms with Gasteiger partial charge < -0.3 is 5.73 Å². The van der Waals surface area contributed by atoms with Gasteiger partial charge in [-0.1, -0.05) is 18.2 Å². The lowest BCUT2D eigenvalue weighted by atomic mass is 9.97. The summed E-state index contributed by atoms with van der Waals surface area (Å²) in [5, 5.41) is 0. The fourth-order valence-corrected chi connectivity index (χ4v) is 1.81. The van der Waals surface area contributed by atoms with Gasteiger partial charge in [-0.25, -0.2) is 4.39 Å². The minimum Gasteiger partial charge on any atom is -0.320 e. The Morgan fingerprint density at radius 1 is 1.24 bits per heavy atom. The van der Waals surface area contributed by atoms with Crippen molar-refractivity contribution in [3.8, 4) is 0 Å². The van der Waals surface area contributed by atoms with Crippen LogP contribution in [0.3, 0.4) is 0 Å². The Morgan fingerprint density at radius 2 is 2.00 bits per heavy atom. The minimum absolute atomic E-state index is 0.223. The Hall–Kier alpha value is -1.74. The molecule has 3 heteroatoms. The summed E-state index contributed by atoms with van der Waals surface area (Å²) >= 11 is 0. The molecule has 0 saturated heterocycles. The zero-order chi connectivity index (χ0) is 12.4. The van der Waals surface area contributed by atoms with Gasteiger partial charge in [0, 0.05) is 11.9 Å². The van der Waals surface area contributed by atoms with Crippen molar-refractivity contribution in [2.45, 2.75) is 19.9 Å². The lowest BCUT2D eigenvalue weighted by molar-refractivity contribution is 0.614. The first-order valence-electron chi connectivity index (χ1n) is 5.52. The zero-order valence-corrected chi connectivity index (χ0v) is 9.94. The van der Waals surface area contributed by atoms with E-state index in [1.807, 2.05) is 25.1 Å². The van der Waals surface area contributed by atoms with E-state index in [-0.39, 0.29) is 11.9 Å². The molecule has 2 aromatic rings. The van der Waals surface area contributed by atoms with Gasteiger partial charge in [-0.3, -0.25) is 4.98 Å². The van der Waals surface area contributed by atoms with E-state index in [1.165, 1.54) is 6.07 Å². The standard InChI is InChI=1S/C14H15FN2/c1-9-5-6-11(8-13(9)15)14(16)12-4-3-7-17-10(12)2/h3-8,14H,16H2,1-2H3. The molecule has 0 aliphatic heterocycles. The third-order valence-corrected chi connectivity index (χ3v) is 2.94. The fraction of sp³-hybridized carbons (Fsp3) is 0.214. The lowest BCUT2D eigenvalue weighted by Gasteiger charge is -2.14. The number of nitrogens with two attached hydrogens (primary N) is 1.